The van der Waals surface area contributed by atoms with Gasteiger partial charge in [0, 0.05) is 12.6 Å². The van der Waals surface area contributed by atoms with E-state index in [1.165, 1.54) is 11.1 Å². The first-order chi connectivity index (χ1) is 8.02. The molecule has 0 aromatic rings. The smallest absolute Gasteiger partial charge is 0.325 e. The number of nitrogens with zero attached hydrogens (tertiary/aromatic N) is 1. The molecule has 2 aliphatic heterocycles. The van der Waals surface area contributed by atoms with Crippen molar-refractivity contribution in [1.82, 2.24) is 10.2 Å². The molecular weight excluding hydrogens is 343 g/mol. The first kappa shape index (κ1) is 13.0. The van der Waals surface area contributed by atoms with Gasteiger partial charge in [-0.2, -0.15) is 0 Å². The second kappa shape index (κ2) is 5.06. The average Bonchev–Trinajstić information content (AvgIpc) is 2.65. The highest BCUT2D eigenvalue weighted by Gasteiger charge is 2.39. The van der Waals surface area contributed by atoms with Gasteiger partial charge < -0.3 is 25.4 Å². The Morgan fingerprint density at radius 2 is 2.29 bits per heavy atom. The standard InChI is InChI=1S/C9H13IN2O5/c10-4-2-12(9(16)11-8(4)15)7-1-5(14)6(3-13)17-7/h2,5-8,13-15H,1,3H2,(H,11,16). The van der Waals surface area contributed by atoms with Crippen LogP contribution in [0.4, 0.5) is 4.79 Å². The number of ether oxygens (including phenoxy) is 1. The highest BCUT2D eigenvalue weighted by molar-refractivity contribution is 14.1. The molecule has 4 N–H and O–H groups in total. The average molecular weight is 356 g/mol. The Hall–Kier alpha value is -0.420. The molecule has 4 atom stereocenters. The van der Waals surface area contributed by atoms with E-state index in [0.717, 1.165) is 0 Å². The van der Waals surface area contributed by atoms with Crippen LogP contribution in [0.15, 0.2) is 9.78 Å². The minimum Gasteiger partial charge on any atom is -0.394 e. The number of nitrogens with one attached hydrogen (secondary N) is 1. The molecule has 1 saturated heterocycles. The zero-order valence-electron chi connectivity index (χ0n) is 8.78. The van der Waals surface area contributed by atoms with E-state index < -0.39 is 30.7 Å². The van der Waals surface area contributed by atoms with Crippen LogP contribution < -0.4 is 5.32 Å². The van der Waals surface area contributed by atoms with Crippen LogP contribution in [0.3, 0.4) is 0 Å². The number of aliphatic hydroxyl groups excluding tert-OH is 3. The molecule has 17 heavy (non-hydrogen) atoms. The molecule has 0 radical (unpaired) electrons. The predicted octanol–water partition coefficient (Wildman–Crippen LogP) is -0.925. The number of carbonyl (C=O) groups is 1. The van der Waals surface area contributed by atoms with Crippen LogP contribution in [0.25, 0.3) is 0 Å². The zero-order chi connectivity index (χ0) is 12.6. The van der Waals surface area contributed by atoms with Gasteiger partial charge in [0.15, 0.2) is 6.23 Å². The Bertz CT molecular complexity index is 350. The van der Waals surface area contributed by atoms with Crippen molar-refractivity contribution in [3.05, 3.63) is 9.78 Å². The summed E-state index contributed by atoms with van der Waals surface area (Å²) in [7, 11) is 0. The van der Waals surface area contributed by atoms with Gasteiger partial charge in [0.25, 0.3) is 0 Å². The molecule has 7 nitrogen and oxygen atoms in total. The normalized spacial score (nSPS) is 38.0. The Labute approximate surface area is 111 Å². The van der Waals surface area contributed by atoms with E-state index in [9.17, 15) is 15.0 Å². The lowest BCUT2D eigenvalue weighted by molar-refractivity contribution is -0.0556. The van der Waals surface area contributed by atoms with Crippen LogP contribution in [-0.4, -0.2) is 57.5 Å². The minimum atomic E-state index is -1.00. The SMILES string of the molecule is O=C1NC(O)C(I)=CN1C1CC(O)C(CO)O1. The summed E-state index contributed by atoms with van der Waals surface area (Å²) < 4.78 is 5.90. The van der Waals surface area contributed by atoms with Crippen molar-refractivity contribution >= 4 is 28.6 Å². The van der Waals surface area contributed by atoms with Gasteiger partial charge in [0.05, 0.1) is 16.3 Å². The number of amides is 2. The van der Waals surface area contributed by atoms with Crippen molar-refractivity contribution in [2.24, 2.45) is 0 Å². The molecule has 0 bridgehead atoms. The Morgan fingerprint density at radius 3 is 2.88 bits per heavy atom. The molecule has 0 aromatic heterocycles. The van der Waals surface area contributed by atoms with Crippen molar-refractivity contribution in [2.75, 3.05) is 6.61 Å². The van der Waals surface area contributed by atoms with Gasteiger partial charge in [-0.05, 0) is 22.6 Å². The minimum absolute atomic E-state index is 0.231. The fourth-order valence-electron chi connectivity index (χ4n) is 1.79. The molecule has 2 aliphatic rings. The van der Waals surface area contributed by atoms with Gasteiger partial charge >= 0.3 is 6.03 Å². The van der Waals surface area contributed by atoms with Crippen molar-refractivity contribution in [3.8, 4) is 0 Å². The molecular formula is C9H13IN2O5. The first-order valence-corrected chi connectivity index (χ1v) is 6.19. The van der Waals surface area contributed by atoms with Crippen molar-refractivity contribution in [3.63, 3.8) is 0 Å². The van der Waals surface area contributed by atoms with E-state index in [1.54, 1.807) is 0 Å². The summed E-state index contributed by atoms with van der Waals surface area (Å²) in [6.07, 6.45) is -1.39. The molecule has 1 fully saturated rings. The molecule has 0 aromatic carbocycles. The molecule has 2 heterocycles. The van der Waals surface area contributed by atoms with Crippen LogP contribution >= 0.6 is 22.6 Å². The van der Waals surface area contributed by atoms with Gasteiger partial charge in [-0.3, -0.25) is 4.90 Å². The van der Waals surface area contributed by atoms with Crippen LogP contribution in [0.5, 0.6) is 0 Å². The number of aliphatic hydroxyl groups is 3. The molecule has 8 heteroatoms. The maximum Gasteiger partial charge on any atom is 0.325 e. The van der Waals surface area contributed by atoms with Gasteiger partial charge in [-0.1, -0.05) is 0 Å². The maximum atomic E-state index is 11.6. The van der Waals surface area contributed by atoms with E-state index in [2.05, 4.69) is 5.32 Å². The highest BCUT2D eigenvalue weighted by Crippen LogP contribution is 2.27. The Balaban J connectivity index is 2.11. The first-order valence-electron chi connectivity index (χ1n) is 5.11. The molecule has 2 amide bonds. The number of hydrogen-bond donors (Lipinski definition) is 4. The topological polar surface area (TPSA) is 102 Å². The number of rotatable bonds is 2. The molecule has 96 valence electrons. The summed E-state index contributed by atoms with van der Waals surface area (Å²) in [6.45, 7) is -0.295. The lowest BCUT2D eigenvalue weighted by atomic mass is 10.2. The van der Waals surface area contributed by atoms with E-state index in [1.807, 2.05) is 22.6 Å². The van der Waals surface area contributed by atoms with Crippen LogP contribution in [-0.2, 0) is 4.74 Å². The summed E-state index contributed by atoms with van der Waals surface area (Å²) in [5.41, 5.74) is 0. The van der Waals surface area contributed by atoms with Gasteiger partial charge in [0.1, 0.15) is 12.3 Å². The summed E-state index contributed by atoms with van der Waals surface area (Å²) in [6, 6.07) is -0.492. The third kappa shape index (κ3) is 2.55. The van der Waals surface area contributed by atoms with Gasteiger partial charge in [-0.25, -0.2) is 4.79 Å². The molecule has 0 saturated carbocycles. The van der Waals surface area contributed by atoms with Crippen LogP contribution in [0.1, 0.15) is 6.42 Å². The quantitative estimate of drug-likeness (QED) is 0.479. The van der Waals surface area contributed by atoms with Crippen LogP contribution in [0.2, 0.25) is 0 Å². The number of carbonyl (C=O) groups excluding carboxylic acids is 1. The van der Waals surface area contributed by atoms with Crippen molar-refractivity contribution < 1.29 is 24.9 Å². The Kier molecular flexibility index (Phi) is 3.88. The number of urea groups is 1. The molecule has 0 spiro atoms. The highest BCUT2D eigenvalue weighted by atomic mass is 127. The van der Waals surface area contributed by atoms with E-state index in [-0.39, 0.29) is 13.0 Å². The third-order valence-corrected chi connectivity index (χ3v) is 3.58. The van der Waals surface area contributed by atoms with Gasteiger partial charge in [0.2, 0.25) is 0 Å². The third-order valence-electron chi connectivity index (χ3n) is 2.71. The number of hydrogen-bond acceptors (Lipinski definition) is 5. The zero-order valence-corrected chi connectivity index (χ0v) is 10.9. The predicted molar refractivity (Wildman–Crippen MR) is 64.9 cm³/mol. The largest absolute Gasteiger partial charge is 0.394 e. The van der Waals surface area contributed by atoms with Crippen LogP contribution in [0, 0.1) is 0 Å². The second-order valence-electron chi connectivity index (χ2n) is 3.89. The van der Waals surface area contributed by atoms with Crippen molar-refractivity contribution in [1.29, 1.82) is 0 Å². The van der Waals surface area contributed by atoms with E-state index >= 15 is 0 Å². The van der Waals surface area contributed by atoms with Gasteiger partial charge in [-0.15, -0.1) is 0 Å². The second-order valence-corrected chi connectivity index (χ2v) is 5.13. The molecule has 2 rings (SSSR count). The molecule has 4 unspecified atom stereocenters. The summed E-state index contributed by atoms with van der Waals surface area (Å²) in [5, 5.41) is 30.3. The fraction of sp³-hybridized carbons (Fsp3) is 0.667. The molecule has 0 aliphatic carbocycles. The lowest BCUT2D eigenvalue weighted by Crippen LogP contribution is -2.50. The number of halogens is 1. The maximum absolute atomic E-state index is 11.6. The summed E-state index contributed by atoms with van der Waals surface area (Å²) in [4.78, 5) is 12.9. The fourth-order valence-corrected chi connectivity index (χ4v) is 2.24. The van der Waals surface area contributed by atoms with E-state index in [0.29, 0.717) is 3.58 Å². The monoisotopic (exact) mass is 356 g/mol. The van der Waals surface area contributed by atoms with Crippen molar-refractivity contribution in [2.45, 2.75) is 31.1 Å². The summed E-state index contributed by atoms with van der Waals surface area (Å²) in [5.74, 6) is 0. The Morgan fingerprint density at radius 1 is 1.59 bits per heavy atom. The lowest BCUT2D eigenvalue weighted by Gasteiger charge is -2.31. The van der Waals surface area contributed by atoms with E-state index in [4.69, 9.17) is 9.84 Å². The summed E-state index contributed by atoms with van der Waals surface area (Å²) >= 11 is 1.90.